The molecule has 0 aliphatic heterocycles. The van der Waals surface area contributed by atoms with E-state index in [0.29, 0.717) is 29.2 Å². The standard InChI is InChI=1S/C26H36ClN3O4S/c1-6-8-15-28-26(32)23(7-2)29(17-21-11-9-10-12-22(21)27)25(31)18-30(35(5,33)34)24-16-19(3)13-14-20(24)4/h9-14,16,23H,6-8,15,17-18H2,1-5H3,(H,28,32)/t23-/m0/s1. The topological polar surface area (TPSA) is 86.8 Å². The maximum atomic E-state index is 13.7. The number of rotatable bonds is 12. The van der Waals surface area contributed by atoms with Gasteiger partial charge in [-0.2, -0.15) is 0 Å². The molecule has 0 aromatic heterocycles. The predicted octanol–water partition coefficient (Wildman–Crippen LogP) is 4.45. The van der Waals surface area contributed by atoms with E-state index in [4.69, 9.17) is 11.6 Å². The van der Waals surface area contributed by atoms with Gasteiger partial charge >= 0.3 is 0 Å². The number of sulfonamides is 1. The fraction of sp³-hybridized carbons (Fsp3) is 0.462. The average Bonchev–Trinajstić information content (AvgIpc) is 2.79. The molecule has 0 spiro atoms. The lowest BCUT2D eigenvalue weighted by atomic mass is 10.1. The van der Waals surface area contributed by atoms with Crippen LogP contribution in [-0.2, 0) is 26.2 Å². The van der Waals surface area contributed by atoms with E-state index < -0.39 is 28.5 Å². The van der Waals surface area contributed by atoms with Crippen molar-refractivity contribution >= 4 is 39.1 Å². The summed E-state index contributed by atoms with van der Waals surface area (Å²) in [4.78, 5) is 28.2. The number of amides is 2. The lowest BCUT2D eigenvalue weighted by molar-refractivity contribution is -0.140. The van der Waals surface area contributed by atoms with Crippen LogP contribution in [0, 0.1) is 13.8 Å². The lowest BCUT2D eigenvalue weighted by Gasteiger charge is -2.33. The van der Waals surface area contributed by atoms with Gasteiger partial charge in [-0.25, -0.2) is 8.42 Å². The van der Waals surface area contributed by atoms with Gasteiger partial charge in [0.2, 0.25) is 21.8 Å². The molecule has 0 saturated heterocycles. The Morgan fingerprint density at radius 2 is 1.77 bits per heavy atom. The minimum Gasteiger partial charge on any atom is -0.354 e. The summed E-state index contributed by atoms with van der Waals surface area (Å²) in [5, 5.41) is 3.38. The van der Waals surface area contributed by atoms with Crippen molar-refractivity contribution < 1.29 is 18.0 Å². The van der Waals surface area contributed by atoms with Gasteiger partial charge in [-0.15, -0.1) is 0 Å². The van der Waals surface area contributed by atoms with Crippen LogP contribution in [0.25, 0.3) is 0 Å². The second-order valence-electron chi connectivity index (χ2n) is 8.74. The molecule has 35 heavy (non-hydrogen) atoms. The summed E-state index contributed by atoms with van der Waals surface area (Å²) >= 11 is 6.37. The van der Waals surface area contributed by atoms with Crippen LogP contribution in [0.5, 0.6) is 0 Å². The van der Waals surface area contributed by atoms with Gasteiger partial charge in [-0.1, -0.05) is 62.2 Å². The van der Waals surface area contributed by atoms with Crippen molar-refractivity contribution in [2.24, 2.45) is 0 Å². The molecule has 2 rings (SSSR count). The lowest BCUT2D eigenvalue weighted by Crippen LogP contribution is -2.52. The second kappa shape index (κ2) is 12.9. The monoisotopic (exact) mass is 521 g/mol. The van der Waals surface area contributed by atoms with Gasteiger partial charge < -0.3 is 10.2 Å². The van der Waals surface area contributed by atoms with E-state index >= 15 is 0 Å². The molecule has 0 unspecified atom stereocenters. The second-order valence-corrected chi connectivity index (χ2v) is 11.1. The van der Waals surface area contributed by atoms with E-state index in [9.17, 15) is 18.0 Å². The van der Waals surface area contributed by atoms with Gasteiger partial charge in [-0.05, 0) is 55.5 Å². The highest BCUT2D eigenvalue weighted by Gasteiger charge is 2.32. The van der Waals surface area contributed by atoms with E-state index in [1.54, 1.807) is 31.2 Å². The first-order valence-corrected chi connectivity index (χ1v) is 14.1. The Morgan fingerprint density at radius 3 is 2.37 bits per heavy atom. The Kier molecular flexibility index (Phi) is 10.6. The van der Waals surface area contributed by atoms with Crippen LogP contribution in [0.1, 0.15) is 49.8 Å². The molecule has 2 aromatic rings. The summed E-state index contributed by atoms with van der Waals surface area (Å²) in [5.41, 5.74) is 2.73. The molecule has 0 saturated carbocycles. The summed E-state index contributed by atoms with van der Waals surface area (Å²) in [5.74, 6) is -0.743. The molecule has 9 heteroatoms. The molecule has 1 N–H and O–H groups in total. The number of halogens is 1. The van der Waals surface area contributed by atoms with E-state index in [1.165, 1.54) is 4.90 Å². The Hall–Kier alpha value is -2.58. The molecule has 7 nitrogen and oxygen atoms in total. The van der Waals surface area contributed by atoms with Crippen LogP contribution in [0.15, 0.2) is 42.5 Å². The Balaban J connectivity index is 2.46. The summed E-state index contributed by atoms with van der Waals surface area (Å²) in [6.07, 6.45) is 3.21. The molecule has 0 aliphatic rings. The van der Waals surface area contributed by atoms with Crippen molar-refractivity contribution in [1.82, 2.24) is 10.2 Å². The van der Waals surface area contributed by atoms with Crippen molar-refractivity contribution in [3.63, 3.8) is 0 Å². The Labute approximate surface area is 214 Å². The number of nitrogens with zero attached hydrogens (tertiary/aromatic N) is 2. The van der Waals surface area contributed by atoms with Gasteiger partial charge in [-0.3, -0.25) is 13.9 Å². The van der Waals surface area contributed by atoms with Gasteiger partial charge in [0, 0.05) is 18.1 Å². The minimum atomic E-state index is -3.78. The smallest absolute Gasteiger partial charge is 0.244 e. The van der Waals surface area contributed by atoms with Crippen molar-refractivity contribution in [3.8, 4) is 0 Å². The Morgan fingerprint density at radius 1 is 1.09 bits per heavy atom. The SMILES string of the molecule is CCCCNC(=O)[C@H](CC)N(Cc1ccccc1Cl)C(=O)CN(c1cc(C)ccc1C)S(C)(=O)=O. The zero-order valence-corrected chi connectivity index (χ0v) is 22.7. The highest BCUT2D eigenvalue weighted by molar-refractivity contribution is 7.92. The van der Waals surface area contributed by atoms with Crippen LogP contribution >= 0.6 is 11.6 Å². The third-order valence-electron chi connectivity index (χ3n) is 5.83. The largest absolute Gasteiger partial charge is 0.354 e. The zero-order valence-electron chi connectivity index (χ0n) is 21.2. The van der Waals surface area contributed by atoms with Crippen molar-refractivity contribution in [2.45, 2.75) is 59.5 Å². The Bertz CT molecular complexity index is 1140. The molecule has 1 atom stereocenters. The van der Waals surface area contributed by atoms with Crippen LogP contribution < -0.4 is 9.62 Å². The van der Waals surface area contributed by atoms with Crippen LogP contribution in [0.4, 0.5) is 5.69 Å². The molecule has 0 bridgehead atoms. The first-order chi connectivity index (χ1) is 16.5. The van der Waals surface area contributed by atoms with Gasteiger partial charge in [0.25, 0.3) is 0 Å². The fourth-order valence-electron chi connectivity index (χ4n) is 3.82. The molecule has 0 aliphatic carbocycles. The van der Waals surface area contributed by atoms with Crippen LogP contribution in [0.2, 0.25) is 5.02 Å². The summed E-state index contributed by atoms with van der Waals surface area (Å²) in [6.45, 7) is 7.70. The zero-order chi connectivity index (χ0) is 26.2. The number of benzene rings is 2. The third-order valence-corrected chi connectivity index (χ3v) is 7.32. The van der Waals surface area contributed by atoms with E-state index in [2.05, 4.69) is 5.32 Å². The summed E-state index contributed by atoms with van der Waals surface area (Å²) < 4.78 is 26.6. The molecule has 0 fully saturated rings. The number of hydrogen-bond donors (Lipinski definition) is 1. The number of anilines is 1. The summed E-state index contributed by atoms with van der Waals surface area (Å²) in [6, 6.07) is 11.8. The first-order valence-electron chi connectivity index (χ1n) is 11.8. The van der Waals surface area contributed by atoms with Crippen molar-refractivity contribution in [3.05, 3.63) is 64.2 Å². The fourth-order valence-corrected chi connectivity index (χ4v) is 4.91. The maximum absolute atomic E-state index is 13.7. The van der Waals surface area contributed by atoms with Gasteiger partial charge in [0.15, 0.2) is 0 Å². The van der Waals surface area contributed by atoms with Gasteiger partial charge in [0.1, 0.15) is 12.6 Å². The molecular weight excluding hydrogens is 486 g/mol. The van der Waals surface area contributed by atoms with Crippen LogP contribution in [0.3, 0.4) is 0 Å². The number of unbranched alkanes of at least 4 members (excludes halogenated alkanes) is 1. The highest BCUT2D eigenvalue weighted by atomic mass is 35.5. The average molecular weight is 522 g/mol. The minimum absolute atomic E-state index is 0.0859. The first kappa shape index (κ1) is 28.7. The number of carbonyl (C=O) groups excluding carboxylic acids is 2. The highest BCUT2D eigenvalue weighted by Crippen LogP contribution is 2.25. The molecule has 2 aromatic carbocycles. The molecule has 2 amide bonds. The van der Waals surface area contributed by atoms with Gasteiger partial charge in [0.05, 0.1) is 11.9 Å². The molecule has 192 valence electrons. The quantitative estimate of drug-likeness (QED) is 0.418. The number of carbonyl (C=O) groups is 2. The number of hydrogen-bond acceptors (Lipinski definition) is 4. The predicted molar refractivity (Wildman–Crippen MR) is 142 cm³/mol. The van der Waals surface area contributed by atoms with E-state index in [1.807, 2.05) is 39.0 Å². The maximum Gasteiger partial charge on any atom is 0.244 e. The third kappa shape index (κ3) is 7.97. The normalized spacial score (nSPS) is 12.2. The van der Waals surface area contributed by atoms with Crippen molar-refractivity contribution in [2.75, 3.05) is 23.7 Å². The van der Waals surface area contributed by atoms with E-state index in [0.717, 1.165) is 34.5 Å². The van der Waals surface area contributed by atoms with E-state index in [-0.39, 0.29) is 12.5 Å². The van der Waals surface area contributed by atoms with Crippen LogP contribution in [-0.4, -0.2) is 50.5 Å². The van der Waals surface area contributed by atoms with Crippen molar-refractivity contribution in [1.29, 1.82) is 0 Å². The molecule has 0 heterocycles. The molecule has 0 radical (unpaired) electrons. The molecular formula is C26H36ClN3O4S. The summed E-state index contributed by atoms with van der Waals surface area (Å²) in [7, 11) is -3.78. The number of aryl methyl sites for hydroxylation is 2. The number of nitrogens with one attached hydrogen (secondary N) is 1.